The molecule has 4 nitrogen and oxygen atoms in total. The number of amides is 2. The second kappa shape index (κ2) is 10.6. The molecule has 0 saturated heterocycles. The quantitative estimate of drug-likeness (QED) is 0.664. The lowest BCUT2D eigenvalue weighted by Gasteiger charge is -2.31. The van der Waals surface area contributed by atoms with Crippen LogP contribution in [-0.2, 0) is 21.9 Å². The molecule has 0 heterocycles. The van der Waals surface area contributed by atoms with Crippen molar-refractivity contribution in [1.29, 1.82) is 0 Å². The average molecular weight is 435 g/mol. The fourth-order valence-electron chi connectivity index (χ4n) is 2.79. The van der Waals surface area contributed by atoms with Crippen LogP contribution in [0.25, 0.3) is 0 Å². The smallest absolute Gasteiger partial charge is 0.242 e. The minimum Gasteiger partial charge on any atom is -0.350 e. The van der Waals surface area contributed by atoms with Gasteiger partial charge >= 0.3 is 0 Å². The number of carbonyl (C=O) groups is 2. The summed E-state index contributed by atoms with van der Waals surface area (Å²) in [6.45, 7) is 7.23. The molecule has 0 aliphatic heterocycles. The normalized spacial score (nSPS) is 12.3. The predicted molar refractivity (Wildman–Crippen MR) is 117 cm³/mol. The third-order valence-corrected chi connectivity index (χ3v) is 5.36. The van der Waals surface area contributed by atoms with Crippen LogP contribution in [0.3, 0.4) is 0 Å². The molecule has 0 radical (unpaired) electrons. The minimum atomic E-state index is -0.761. The summed E-state index contributed by atoms with van der Waals surface area (Å²) >= 11 is 1.37. The highest BCUT2D eigenvalue weighted by atomic mass is 32.2. The van der Waals surface area contributed by atoms with Gasteiger partial charge in [0.05, 0.1) is 5.75 Å². The van der Waals surface area contributed by atoms with Crippen LogP contribution >= 0.6 is 11.8 Å². The molecule has 2 aromatic rings. The molecule has 162 valence electrons. The molecule has 0 spiro atoms. The molecule has 0 aromatic heterocycles. The van der Waals surface area contributed by atoms with Crippen molar-refractivity contribution in [2.45, 2.75) is 51.6 Å². The van der Waals surface area contributed by atoms with E-state index in [0.29, 0.717) is 11.3 Å². The van der Waals surface area contributed by atoms with Crippen molar-refractivity contribution in [3.8, 4) is 0 Å². The highest BCUT2D eigenvalue weighted by molar-refractivity contribution is 7.99. The fraction of sp³-hybridized carbons (Fsp3) is 0.391. The lowest BCUT2D eigenvalue weighted by molar-refractivity contribution is -0.139. The summed E-state index contributed by atoms with van der Waals surface area (Å²) < 4.78 is 27.2. The molecule has 0 bridgehead atoms. The molecule has 0 fully saturated rings. The molecule has 30 heavy (non-hydrogen) atoms. The van der Waals surface area contributed by atoms with Gasteiger partial charge in [-0.2, -0.15) is 0 Å². The van der Waals surface area contributed by atoms with Crippen LogP contribution in [0.4, 0.5) is 8.78 Å². The standard InChI is InChI=1S/C23H28F2N2O2S/c1-16(22(29)26-23(2,3)4)27(13-18-7-5-6-8-20(18)25)21(28)15-30-14-17-9-11-19(24)12-10-17/h5-12,16H,13-15H2,1-4H3,(H,26,29). The van der Waals surface area contributed by atoms with Gasteiger partial charge in [-0.15, -0.1) is 11.8 Å². The predicted octanol–water partition coefficient (Wildman–Crippen LogP) is 4.53. The molecule has 2 aromatic carbocycles. The van der Waals surface area contributed by atoms with E-state index >= 15 is 0 Å². The molecular weight excluding hydrogens is 406 g/mol. The number of benzene rings is 2. The third-order valence-electron chi connectivity index (χ3n) is 4.37. The molecule has 0 saturated carbocycles. The van der Waals surface area contributed by atoms with Crippen LogP contribution in [0.2, 0.25) is 0 Å². The van der Waals surface area contributed by atoms with E-state index in [1.165, 1.54) is 34.9 Å². The number of hydrogen-bond donors (Lipinski definition) is 1. The van der Waals surface area contributed by atoms with E-state index in [-0.39, 0.29) is 29.9 Å². The first-order chi connectivity index (χ1) is 14.1. The zero-order valence-electron chi connectivity index (χ0n) is 17.7. The largest absolute Gasteiger partial charge is 0.350 e. The van der Waals surface area contributed by atoms with Crippen molar-refractivity contribution in [3.05, 3.63) is 71.3 Å². The number of thioether (sulfide) groups is 1. The maximum absolute atomic E-state index is 14.2. The highest BCUT2D eigenvalue weighted by Crippen LogP contribution is 2.18. The van der Waals surface area contributed by atoms with E-state index < -0.39 is 17.4 Å². The average Bonchev–Trinajstić information content (AvgIpc) is 2.67. The molecule has 1 unspecified atom stereocenters. The minimum absolute atomic E-state index is 0.00133. The molecule has 1 atom stereocenters. The van der Waals surface area contributed by atoms with E-state index in [9.17, 15) is 18.4 Å². The molecule has 2 amide bonds. The van der Waals surface area contributed by atoms with Crippen LogP contribution in [0.5, 0.6) is 0 Å². The zero-order valence-corrected chi connectivity index (χ0v) is 18.6. The monoisotopic (exact) mass is 434 g/mol. The van der Waals surface area contributed by atoms with Crippen LogP contribution in [-0.4, -0.2) is 34.0 Å². The Morgan fingerprint density at radius 2 is 1.70 bits per heavy atom. The summed E-state index contributed by atoms with van der Waals surface area (Å²) in [4.78, 5) is 27.0. The number of halogens is 2. The Morgan fingerprint density at radius 1 is 1.07 bits per heavy atom. The highest BCUT2D eigenvalue weighted by Gasteiger charge is 2.28. The molecule has 0 aliphatic rings. The van der Waals surface area contributed by atoms with E-state index in [2.05, 4.69) is 5.32 Å². The number of nitrogens with zero attached hydrogens (tertiary/aromatic N) is 1. The molecule has 1 N–H and O–H groups in total. The van der Waals surface area contributed by atoms with E-state index in [1.54, 1.807) is 37.3 Å². The second-order valence-corrected chi connectivity index (χ2v) is 9.13. The number of nitrogens with one attached hydrogen (secondary N) is 1. The van der Waals surface area contributed by atoms with Crippen molar-refractivity contribution in [2.24, 2.45) is 0 Å². The number of hydrogen-bond acceptors (Lipinski definition) is 3. The first-order valence-corrected chi connectivity index (χ1v) is 10.9. The maximum Gasteiger partial charge on any atom is 0.242 e. The summed E-state index contributed by atoms with van der Waals surface area (Å²) in [7, 11) is 0. The van der Waals surface area contributed by atoms with Gasteiger partial charge in [-0.25, -0.2) is 8.78 Å². The summed E-state index contributed by atoms with van der Waals surface area (Å²) in [6.07, 6.45) is 0. The Morgan fingerprint density at radius 3 is 2.30 bits per heavy atom. The summed E-state index contributed by atoms with van der Waals surface area (Å²) in [6, 6.07) is 11.6. The summed E-state index contributed by atoms with van der Waals surface area (Å²) in [5.41, 5.74) is 0.799. The van der Waals surface area contributed by atoms with E-state index in [1.807, 2.05) is 20.8 Å². The first-order valence-electron chi connectivity index (χ1n) is 9.74. The lowest BCUT2D eigenvalue weighted by Crippen LogP contribution is -2.52. The van der Waals surface area contributed by atoms with Gasteiger partial charge in [0, 0.05) is 23.4 Å². The van der Waals surface area contributed by atoms with Crippen LogP contribution in [0.15, 0.2) is 48.5 Å². The van der Waals surface area contributed by atoms with Gasteiger partial charge in [0.1, 0.15) is 17.7 Å². The Labute approximate surface area is 181 Å². The molecular formula is C23H28F2N2O2S. The van der Waals surface area contributed by atoms with E-state index in [0.717, 1.165) is 5.56 Å². The topological polar surface area (TPSA) is 49.4 Å². The maximum atomic E-state index is 14.2. The summed E-state index contributed by atoms with van der Waals surface area (Å²) in [5.74, 6) is -0.633. The van der Waals surface area contributed by atoms with E-state index in [4.69, 9.17) is 0 Å². The van der Waals surface area contributed by atoms with Gasteiger partial charge < -0.3 is 10.2 Å². The third kappa shape index (κ3) is 7.44. The van der Waals surface area contributed by atoms with Gasteiger partial charge in [-0.1, -0.05) is 30.3 Å². The summed E-state index contributed by atoms with van der Waals surface area (Å²) in [5, 5.41) is 2.87. The lowest BCUT2D eigenvalue weighted by atomic mass is 10.1. The van der Waals surface area contributed by atoms with Crippen molar-refractivity contribution in [1.82, 2.24) is 10.2 Å². The van der Waals surface area contributed by atoms with Gasteiger partial charge in [0.25, 0.3) is 0 Å². The Kier molecular flexibility index (Phi) is 8.41. The van der Waals surface area contributed by atoms with Crippen molar-refractivity contribution in [3.63, 3.8) is 0 Å². The van der Waals surface area contributed by atoms with Gasteiger partial charge in [-0.05, 0) is 51.5 Å². The van der Waals surface area contributed by atoms with Crippen LogP contribution < -0.4 is 5.32 Å². The van der Waals surface area contributed by atoms with Crippen molar-refractivity contribution in [2.75, 3.05) is 5.75 Å². The SMILES string of the molecule is CC(C(=O)NC(C)(C)C)N(Cc1ccccc1F)C(=O)CSCc1ccc(F)cc1. The first kappa shape index (κ1) is 23.9. The Balaban J connectivity index is 2.10. The number of carbonyl (C=O) groups excluding carboxylic acids is 2. The number of rotatable bonds is 8. The Hall–Kier alpha value is -2.41. The van der Waals surface area contributed by atoms with Crippen molar-refractivity contribution < 1.29 is 18.4 Å². The molecule has 0 aliphatic carbocycles. The second-order valence-electron chi connectivity index (χ2n) is 8.15. The van der Waals surface area contributed by atoms with Crippen molar-refractivity contribution >= 4 is 23.6 Å². The Bertz CT molecular complexity index is 866. The fourth-order valence-corrected chi connectivity index (χ4v) is 3.66. The zero-order chi connectivity index (χ0) is 22.3. The van der Waals surface area contributed by atoms with Crippen LogP contribution in [0, 0.1) is 11.6 Å². The van der Waals surface area contributed by atoms with Gasteiger partial charge in [0.2, 0.25) is 11.8 Å². The van der Waals surface area contributed by atoms with Crippen LogP contribution in [0.1, 0.15) is 38.8 Å². The molecule has 2 rings (SSSR count). The molecule has 7 heteroatoms. The van der Waals surface area contributed by atoms with Gasteiger partial charge in [-0.3, -0.25) is 9.59 Å². The van der Waals surface area contributed by atoms with Gasteiger partial charge in [0.15, 0.2) is 0 Å².